The summed E-state index contributed by atoms with van der Waals surface area (Å²) in [6.07, 6.45) is 2.11. The molecule has 0 aromatic heterocycles. The molecule has 1 aromatic carbocycles. The number of carbonyl (C=O) groups is 1. The Kier molecular flexibility index (Phi) is 5.96. The zero-order valence-corrected chi connectivity index (χ0v) is 12.6. The highest BCUT2D eigenvalue weighted by molar-refractivity contribution is 7.80. The summed E-state index contributed by atoms with van der Waals surface area (Å²) in [4.78, 5) is 12.4. The molecule has 4 heteroatoms. The van der Waals surface area contributed by atoms with Crippen LogP contribution < -0.4 is 11.1 Å². The topological polar surface area (TPSA) is 55.1 Å². The molecular formula is C15H22N2OS. The molecule has 3 nitrogen and oxygen atoms in total. The van der Waals surface area contributed by atoms with Crippen molar-refractivity contribution in [3.05, 3.63) is 35.4 Å². The molecule has 3 N–H and O–H groups in total. The fourth-order valence-electron chi connectivity index (χ4n) is 1.95. The zero-order valence-electron chi connectivity index (χ0n) is 11.8. The highest BCUT2D eigenvalue weighted by atomic mass is 32.1. The van der Waals surface area contributed by atoms with Crippen LogP contribution in [0.1, 0.15) is 49.5 Å². The lowest BCUT2D eigenvalue weighted by atomic mass is 10.00. The molecule has 0 aliphatic heterocycles. The summed E-state index contributed by atoms with van der Waals surface area (Å²) < 4.78 is 0. The summed E-state index contributed by atoms with van der Waals surface area (Å²) in [5, 5.41) is 3.00. The van der Waals surface area contributed by atoms with Gasteiger partial charge in [-0.1, -0.05) is 44.6 Å². The molecule has 1 amide bonds. The third-order valence-electron chi connectivity index (χ3n) is 3.24. The fourth-order valence-corrected chi connectivity index (χ4v) is 2.08. The molecule has 0 saturated heterocycles. The second-order valence-electron chi connectivity index (χ2n) is 5.07. The van der Waals surface area contributed by atoms with E-state index in [2.05, 4.69) is 19.2 Å². The summed E-state index contributed by atoms with van der Waals surface area (Å²) in [6.45, 7) is 6.38. The van der Waals surface area contributed by atoms with E-state index in [4.69, 9.17) is 18.0 Å². The molecule has 19 heavy (non-hydrogen) atoms. The summed E-state index contributed by atoms with van der Waals surface area (Å²) >= 11 is 4.91. The molecule has 0 bridgehead atoms. The van der Waals surface area contributed by atoms with Gasteiger partial charge in [0, 0.05) is 17.2 Å². The van der Waals surface area contributed by atoms with Crippen LogP contribution in [0.2, 0.25) is 0 Å². The Morgan fingerprint density at radius 1 is 1.37 bits per heavy atom. The SMILES string of the molecule is CCC(C)CC(C)NC(=O)c1cccc(C(N)=S)c1. The lowest BCUT2D eigenvalue weighted by Crippen LogP contribution is -2.33. The highest BCUT2D eigenvalue weighted by Crippen LogP contribution is 2.11. The van der Waals surface area contributed by atoms with Crippen molar-refractivity contribution in [3.8, 4) is 0 Å². The first-order chi connectivity index (χ1) is 8.93. The number of benzene rings is 1. The molecule has 2 unspecified atom stereocenters. The van der Waals surface area contributed by atoms with E-state index < -0.39 is 0 Å². The van der Waals surface area contributed by atoms with Crippen LogP contribution in [0.4, 0.5) is 0 Å². The number of hydrogen-bond acceptors (Lipinski definition) is 2. The minimum absolute atomic E-state index is 0.0751. The van der Waals surface area contributed by atoms with Gasteiger partial charge in [0.15, 0.2) is 0 Å². The minimum atomic E-state index is -0.0751. The average molecular weight is 278 g/mol. The minimum Gasteiger partial charge on any atom is -0.389 e. The van der Waals surface area contributed by atoms with Crippen molar-refractivity contribution in [2.24, 2.45) is 11.7 Å². The van der Waals surface area contributed by atoms with E-state index in [1.54, 1.807) is 18.2 Å². The number of thiocarbonyl (C=S) groups is 1. The maximum Gasteiger partial charge on any atom is 0.251 e. The zero-order chi connectivity index (χ0) is 14.4. The lowest BCUT2D eigenvalue weighted by molar-refractivity contribution is 0.0935. The van der Waals surface area contributed by atoms with Crippen molar-refractivity contribution in [1.82, 2.24) is 5.32 Å². The van der Waals surface area contributed by atoms with Crippen LogP contribution >= 0.6 is 12.2 Å². The average Bonchev–Trinajstić information content (AvgIpc) is 2.38. The van der Waals surface area contributed by atoms with E-state index in [0.29, 0.717) is 16.5 Å². The molecule has 0 saturated carbocycles. The molecular weight excluding hydrogens is 256 g/mol. The van der Waals surface area contributed by atoms with E-state index in [1.807, 2.05) is 13.0 Å². The van der Waals surface area contributed by atoms with Crippen molar-refractivity contribution in [1.29, 1.82) is 0 Å². The Bertz CT molecular complexity index is 459. The summed E-state index contributed by atoms with van der Waals surface area (Å²) in [5.41, 5.74) is 6.89. The van der Waals surface area contributed by atoms with Crippen LogP contribution in [-0.4, -0.2) is 16.9 Å². The number of carbonyl (C=O) groups excluding carboxylic acids is 1. The first-order valence-corrected chi connectivity index (χ1v) is 7.05. The number of rotatable bonds is 6. The van der Waals surface area contributed by atoms with E-state index in [9.17, 15) is 4.79 Å². The smallest absolute Gasteiger partial charge is 0.251 e. The largest absolute Gasteiger partial charge is 0.389 e. The van der Waals surface area contributed by atoms with E-state index in [0.717, 1.165) is 18.4 Å². The summed E-state index contributed by atoms with van der Waals surface area (Å²) in [6, 6.07) is 7.27. The maximum atomic E-state index is 12.1. The second-order valence-corrected chi connectivity index (χ2v) is 5.51. The van der Waals surface area contributed by atoms with Gasteiger partial charge in [0.05, 0.1) is 0 Å². The second kappa shape index (κ2) is 7.24. The predicted octanol–water partition coefficient (Wildman–Crippen LogP) is 2.88. The van der Waals surface area contributed by atoms with E-state index in [-0.39, 0.29) is 11.9 Å². The van der Waals surface area contributed by atoms with Gasteiger partial charge in [0.2, 0.25) is 0 Å². The molecule has 0 fully saturated rings. The van der Waals surface area contributed by atoms with Gasteiger partial charge >= 0.3 is 0 Å². The van der Waals surface area contributed by atoms with Gasteiger partial charge in [-0.05, 0) is 31.4 Å². The molecule has 0 radical (unpaired) electrons. The third-order valence-corrected chi connectivity index (χ3v) is 3.48. The standard InChI is InChI=1S/C15H22N2OS/c1-4-10(2)8-11(3)17-15(18)13-7-5-6-12(9-13)14(16)19/h5-7,9-11H,4,8H2,1-3H3,(H2,16,19)(H,17,18). The van der Waals surface area contributed by atoms with Crippen LogP contribution in [-0.2, 0) is 0 Å². The quantitative estimate of drug-likeness (QED) is 0.787. The van der Waals surface area contributed by atoms with Gasteiger partial charge in [-0.15, -0.1) is 0 Å². The number of amides is 1. The number of hydrogen-bond donors (Lipinski definition) is 2. The van der Waals surface area contributed by atoms with Crippen LogP contribution in [0, 0.1) is 5.92 Å². The molecule has 0 heterocycles. The Morgan fingerprint density at radius 3 is 2.58 bits per heavy atom. The number of nitrogens with two attached hydrogens (primary N) is 1. The van der Waals surface area contributed by atoms with Gasteiger partial charge in [-0.3, -0.25) is 4.79 Å². The van der Waals surface area contributed by atoms with Gasteiger partial charge in [0.1, 0.15) is 4.99 Å². The van der Waals surface area contributed by atoms with E-state index in [1.165, 1.54) is 0 Å². The normalized spacial score (nSPS) is 13.6. The van der Waals surface area contributed by atoms with Crippen LogP contribution in [0.3, 0.4) is 0 Å². The molecule has 2 atom stereocenters. The molecule has 1 rings (SSSR count). The van der Waals surface area contributed by atoms with Crippen molar-refractivity contribution in [2.75, 3.05) is 0 Å². The molecule has 0 aliphatic carbocycles. The lowest BCUT2D eigenvalue weighted by Gasteiger charge is -2.17. The van der Waals surface area contributed by atoms with Crippen molar-refractivity contribution in [2.45, 2.75) is 39.7 Å². The van der Waals surface area contributed by atoms with Gasteiger partial charge < -0.3 is 11.1 Å². The van der Waals surface area contributed by atoms with Crippen LogP contribution in [0.25, 0.3) is 0 Å². The molecule has 0 aliphatic rings. The van der Waals surface area contributed by atoms with Crippen molar-refractivity contribution < 1.29 is 4.79 Å². The summed E-state index contributed by atoms with van der Waals surface area (Å²) in [7, 11) is 0. The highest BCUT2D eigenvalue weighted by Gasteiger charge is 2.12. The third kappa shape index (κ3) is 4.99. The monoisotopic (exact) mass is 278 g/mol. The molecule has 0 spiro atoms. The molecule has 1 aromatic rings. The van der Waals surface area contributed by atoms with Gasteiger partial charge in [0.25, 0.3) is 5.91 Å². The Morgan fingerprint density at radius 2 is 2.00 bits per heavy atom. The Balaban J connectivity index is 2.67. The predicted molar refractivity (Wildman–Crippen MR) is 83.3 cm³/mol. The van der Waals surface area contributed by atoms with E-state index >= 15 is 0 Å². The fraction of sp³-hybridized carbons (Fsp3) is 0.467. The Hall–Kier alpha value is -1.42. The van der Waals surface area contributed by atoms with Crippen molar-refractivity contribution >= 4 is 23.1 Å². The first kappa shape index (κ1) is 15.6. The number of nitrogens with one attached hydrogen (secondary N) is 1. The van der Waals surface area contributed by atoms with Crippen molar-refractivity contribution in [3.63, 3.8) is 0 Å². The first-order valence-electron chi connectivity index (χ1n) is 6.64. The van der Waals surface area contributed by atoms with Crippen LogP contribution in [0.5, 0.6) is 0 Å². The van der Waals surface area contributed by atoms with Gasteiger partial charge in [-0.25, -0.2) is 0 Å². The van der Waals surface area contributed by atoms with Crippen LogP contribution in [0.15, 0.2) is 24.3 Å². The molecule has 104 valence electrons. The maximum absolute atomic E-state index is 12.1. The Labute approximate surface area is 120 Å². The van der Waals surface area contributed by atoms with Gasteiger partial charge in [-0.2, -0.15) is 0 Å². The summed E-state index contributed by atoms with van der Waals surface area (Å²) in [5.74, 6) is 0.534.